The minimum absolute atomic E-state index is 0. The quantitative estimate of drug-likeness (QED) is 0.712. The number of nitrogens with one attached hydrogen (secondary N) is 2. The van der Waals surface area contributed by atoms with Crippen LogP contribution < -0.4 is 0 Å². The van der Waals surface area contributed by atoms with Gasteiger partial charge in [0.25, 0.3) is 0 Å². The Hall–Kier alpha value is -1.97. The largest absolute Gasteiger partial charge is 0.363 e. The molecule has 2 rings (SSSR count). The van der Waals surface area contributed by atoms with Gasteiger partial charge in [-0.05, 0) is 11.1 Å². The molecular formula is C18H21ClN2O. The Balaban J connectivity index is 0.00000242. The van der Waals surface area contributed by atoms with Crippen LogP contribution in [0.25, 0.3) is 0 Å². The Morgan fingerprint density at radius 1 is 0.727 bits per heavy atom. The number of hydrogen-bond acceptors (Lipinski definition) is 3. The molecule has 2 aromatic carbocycles. The first kappa shape index (κ1) is 18.1. The molecule has 0 aliphatic carbocycles. The van der Waals surface area contributed by atoms with Gasteiger partial charge in [0.05, 0.1) is 12.2 Å². The lowest BCUT2D eigenvalue weighted by atomic mass is 10.1. The average Bonchev–Trinajstić information content (AvgIpc) is 2.55. The molecule has 0 fully saturated rings. The van der Waals surface area contributed by atoms with Gasteiger partial charge < -0.3 is 15.6 Å². The molecule has 4 heteroatoms. The fraction of sp³-hybridized carbons (Fsp3) is 0.222. The lowest BCUT2D eigenvalue weighted by Gasteiger charge is -2.19. The van der Waals surface area contributed by atoms with Gasteiger partial charge in [-0.3, -0.25) is 0 Å². The van der Waals surface area contributed by atoms with E-state index in [1.54, 1.807) is 0 Å². The highest BCUT2D eigenvalue weighted by molar-refractivity contribution is 5.85. The summed E-state index contributed by atoms with van der Waals surface area (Å²) in [6.45, 7) is 0. The lowest BCUT2D eigenvalue weighted by Crippen LogP contribution is -2.27. The van der Waals surface area contributed by atoms with Crippen molar-refractivity contribution in [2.24, 2.45) is 0 Å². The first-order valence-electron chi connectivity index (χ1n) is 7.06. The third-order valence-corrected chi connectivity index (χ3v) is 3.28. The van der Waals surface area contributed by atoms with Crippen LogP contribution in [0.4, 0.5) is 0 Å². The van der Waals surface area contributed by atoms with Crippen LogP contribution in [0.1, 0.15) is 11.1 Å². The molecule has 2 atom stereocenters. The van der Waals surface area contributed by atoms with Gasteiger partial charge in [0.1, 0.15) is 0 Å². The molecule has 0 aliphatic heterocycles. The van der Waals surface area contributed by atoms with Crippen molar-refractivity contribution in [2.45, 2.75) is 25.0 Å². The normalized spacial score (nSPS) is 12.7. The van der Waals surface area contributed by atoms with E-state index in [-0.39, 0.29) is 24.6 Å². The Morgan fingerprint density at radius 2 is 1.09 bits per heavy atom. The van der Waals surface area contributed by atoms with E-state index in [4.69, 9.17) is 15.6 Å². The SMILES string of the molecule is Cl.N=CC(Cc1ccccc1)OC(C=N)Cc1ccccc1. The molecule has 0 aliphatic rings. The molecule has 2 aromatic rings. The van der Waals surface area contributed by atoms with Gasteiger partial charge in [0.2, 0.25) is 0 Å². The van der Waals surface area contributed by atoms with Gasteiger partial charge >= 0.3 is 0 Å². The van der Waals surface area contributed by atoms with E-state index in [0.717, 1.165) is 11.1 Å². The van der Waals surface area contributed by atoms with Crippen LogP contribution in [0.2, 0.25) is 0 Å². The lowest BCUT2D eigenvalue weighted by molar-refractivity contribution is 0.0694. The van der Waals surface area contributed by atoms with Crippen LogP contribution in [0.3, 0.4) is 0 Å². The standard InChI is InChI=1S/C18H20N2O.ClH/c19-13-17(11-15-7-3-1-4-8-15)21-18(14-20)12-16-9-5-2-6-10-16;/h1-10,13-14,17-20H,11-12H2;1H. The molecule has 0 bridgehead atoms. The van der Waals surface area contributed by atoms with Crippen LogP contribution in [0.15, 0.2) is 60.7 Å². The number of ether oxygens (including phenoxy) is 1. The van der Waals surface area contributed by atoms with Crippen molar-refractivity contribution in [1.82, 2.24) is 0 Å². The zero-order chi connectivity index (χ0) is 14.9. The van der Waals surface area contributed by atoms with Crippen molar-refractivity contribution < 1.29 is 4.74 Å². The third-order valence-electron chi connectivity index (χ3n) is 3.28. The van der Waals surface area contributed by atoms with Crippen LogP contribution in [0, 0.1) is 10.8 Å². The number of hydrogen-bond donors (Lipinski definition) is 2. The molecular weight excluding hydrogens is 296 g/mol. The van der Waals surface area contributed by atoms with Crippen LogP contribution in [-0.2, 0) is 17.6 Å². The number of rotatable bonds is 8. The van der Waals surface area contributed by atoms with Crippen molar-refractivity contribution >= 4 is 24.8 Å². The summed E-state index contributed by atoms with van der Waals surface area (Å²) in [5.41, 5.74) is 2.27. The molecule has 0 amide bonds. The van der Waals surface area contributed by atoms with E-state index in [9.17, 15) is 0 Å². The second-order valence-corrected chi connectivity index (χ2v) is 4.93. The summed E-state index contributed by atoms with van der Waals surface area (Å²) in [7, 11) is 0. The van der Waals surface area contributed by atoms with Crippen molar-refractivity contribution in [3.8, 4) is 0 Å². The van der Waals surface area contributed by atoms with Crippen LogP contribution >= 0.6 is 12.4 Å². The molecule has 2 N–H and O–H groups in total. The summed E-state index contributed by atoms with van der Waals surface area (Å²) in [6.07, 6.45) is 3.33. The summed E-state index contributed by atoms with van der Waals surface area (Å²) in [5.74, 6) is 0. The van der Waals surface area contributed by atoms with Gasteiger partial charge in [0, 0.05) is 25.3 Å². The maximum atomic E-state index is 7.53. The second-order valence-electron chi connectivity index (χ2n) is 4.93. The fourth-order valence-corrected chi connectivity index (χ4v) is 2.21. The summed E-state index contributed by atoms with van der Waals surface area (Å²) < 4.78 is 5.87. The maximum Gasteiger partial charge on any atom is 0.0968 e. The van der Waals surface area contributed by atoms with Crippen molar-refractivity contribution in [3.63, 3.8) is 0 Å². The first-order valence-corrected chi connectivity index (χ1v) is 7.06. The van der Waals surface area contributed by atoms with Crippen molar-refractivity contribution in [2.75, 3.05) is 0 Å². The van der Waals surface area contributed by atoms with E-state index < -0.39 is 0 Å². The zero-order valence-corrected chi connectivity index (χ0v) is 13.1. The fourth-order valence-electron chi connectivity index (χ4n) is 2.21. The summed E-state index contributed by atoms with van der Waals surface area (Å²) in [4.78, 5) is 0. The summed E-state index contributed by atoms with van der Waals surface area (Å²) in [5, 5.41) is 15.1. The topological polar surface area (TPSA) is 56.9 Å². The van der Waals surface area contributed by atoms with Crippen molar-refractivity contribution in [1.29, 1.82) is 10.8 Å². The molecule has 0 radical (unpaired) electrons. The maximum absolute atomic E-state index is 7.53. The summed E-state index contributed by atoms with van der Waals surface area (Å²) >= 11 is 0. The molecule has 0 saturated heterocycles. The third kappa shape index (κ3) is 5.80. The zero-order valence-electron chi connectivity index (χ0n) is 12.3. The minimum Gasteiger partial charge on any atom is -0.363 e. The molecule has 0 heterocycles. The van der Waals surface area contributed by atoms with Crippen LogP contribution in [0.5, 0.6) is 0 Å². The molecule has 0 saturated carbocycles. The Morgan fingerprint density at radius 3 is 1.41 bits per heavy atom. The Bertz CT molecular complexity index is 508. The van der Waals surface area contributed by atoms with E-state index in [2.05, 4.69) is 0 Å². The van der Waals surface area contributed by atoms with Gasteiger partial charge in [-0.15, -0.1) is 12.4 Å². The summed E-state index contributed by atoms with van der Waals surface area (Å²) in [6, 6.07) is 20.0. The van der Waals surface area contributed by atoms with Gasteiger partial charge in [-0.1, -0.05) is 60.7 Å². The highest BCUT2D eigenvalue weighted by atomic mass is 35.5. The Kier molecular flexibility index (Phi) is 8.11. The van der Waals surface area contributed by atoms with E-state index >= 15 is 0 Å². The predicted octanol–water partition coefficient (Wildman–Crippen LogP) is 3.95. The van der Waals surface area contributed by atoms with E-state index in [0.29, 0.717) is 12.8 Å². The molecule has 0 aromatic heterocycles. The predicted molar refractivity (Wildman–Crippen MR) is 93.8 cm³/mol. The first-order chi connectivity index (χ1) is 10.3. The molecule has 116 valence electrons. The van der Waals surface area contributed by atoms with Crippen molar-refractivity contribution in [3.05, 3.63) is 71.8 Å². The molecule has 22 heavy (non-hydrogen) atoms. The smallest absolute Gasteiger partial charge is 0.0968 e. The van der Waals surface area contributed by atoms with Gasteiger partial charge in [0.15, 0.2) is 0 Å². The molecule has 3 nitrogen and oxygen atoms in total. The highest BCUT2D eigenvalue weighted by Gasteiger charge is 2.14. The van der Waals surface area contributed by atoms with E-state index in [1.807, 2.05) is 60.7 Å². The number of benzene rings is 2. The van der Waals surface area contributed by atoms with Crippen LogP contribution in [-0.4, -0.2) is 24.6 Å². The number of halogens is 1. The monoisotopic (exact) mass is 316 g/mol. The average molecular weight is 317 g/mol. The van der Waals surface area contributed by atoms with Gasteiger partial charge in [-0.25, -0.2) is 0 Å². The molecule has 0 spiro atoms. The second kappa shape index (κ2) is 9.87. The highest BCUT2D eigenvalue weighted by Crippen LogP contribution is 2.10. The minimum atomic E-state index is -0.303. The van der Waals surface area contributed by atoms with Gasteiger partial charge in [-0.2, -0.15) is 0 Å². The molecule has 2 unspecified atom stereocenters. The Labute approximate surface area is 137 Å². The van der Waals surface area contributed by atoms with E-state index in [1.165, 1.54) is 12.4 Å².